The predicted octanol–water partition coefficient (Wildman–Crippen LogP) is -0.819. The van der Waals surface area contributed by atoms with Crippen molar-refractivity contribution >= 4 is 6.21 Å². The van der Waals surface area contributed by atoms with Gasteiger partial charge in [-0.15, -0.1) is 0 Å². The van der Waals surface area contributed by atoms with E-state index in [0.29, 0.717) is 0 Å². The lowest BCUT2D eigenvalue weighted by Crippen LogP contribution is -2.28. The molecule has 0 radical (unpaired) electrons. The highest BCUT2D eigenvalue weighted by Gasteiger charge is 2.25. The summed E-state index contributed by atoms with van der Waals surface area (Å²) in [5.41, 5.74) is 0. The van der Waals surface area contributed by atoms with Crippen LogP contribution in [-0.2, 0) is 0 Å². The van der Waals surface area contributed by atoms with Gasteiger partial charge >= 0.3 is 0 Å². The van der Waals surface area contributed by atoms with Crippen LogP contribution < -0.4 is 0 Å². The highest BCUT2D eigenvalue weighted by Crippen LogP contribution is 2.08. The third kappa shape index (κ3) is 0.743. The van der Waals surface area contributed by atoms with Crippen molar-refractivity contribution in [3.05, 3.63) is 0 Å². The Morgan fingerprint density at radius 3 is 2.25 bits per heavy atom. The van der Waals surface area contributed by atoms with Gasteiger partial charge in [0.25, 0.3) is 0 Å². The molecule has 0 aromatic carbocycles. The van der Waals surface area contributed by atoms with Gasteiger partial charge in [-0.1, -0.05) is 0 Å². The maximum atomic E-state index is 8.89. The molecule has 1 aliphatic rings. The van der Waals surface area contributed by atoms with E-state index in [1.54, 1.807) is 6.92 Å². The van der Waals surface area contributed by atoms with E-state index in [0.717, 1.165) is 0 Å². The second-order valence-corrected chi connectivity index (χ2v) is 2.02. The van der Waals surface area contributed by atoms with Crippen LogP contribution in [0.25, 0.3) is 0 Å². The van der Waals surface area contributed by atoms with Gasteiger partial charge in [-0.3, -0.25) is 4.99 Å². The van der Waals surface area contributed by atoms with Crippen LogP contribution in [0.4, 0.5) is 0 Å². The van der Waals surface area contributed by atoms with Crippen molar-refractivity contribution in [2.75, 3.05) is 0 Å². The minimum absolute atomic E-state index is 0.134. The van der Waals surface area contributed by atoms with Crippen LogP contribution in [0, 0.1) is 0 Å². The van der Waals surface area contributed by atoms with Crippen molar-refractivity contribution in [3.63, 3.8) is 0 Å². The minimum atomic E-state index is -0.745. The predicted molar refractivity (Wildman–Crippen MR) is 30.0 cm³/mol. The van der Waals surface area contributed by atoms with E-state index in [4.69, 9.17) is 10.2 Å². The van der Waals surface area contributed by atoms with Crippen molar-refractivity contribution in [2.24, 2.45) is 4.99 Å². The molecule has 3 heteroatoms. The molecule has 1 aliphatic heterocycles. The Morgan fingerprint density at radius 2 is 2.12 bits per heavy atom. The molecule has 46 valence electrons. The molecular formula is C5H9NO2. The SMILES string of the molecule is C[C@H]1N=C[C@H](O)[C@@H]1O. The lowest BCUT2D eigenvalue weighted by atomic mass is 10.2. The van der Waals surface area contributed by atoms with Crippen LogP contribution >= 0.6 is 0 Å². The lowest BCUT2D eigenvalue weighted by Gasteiger charge is -2.08. The molecule has 0 saturated heterocycles. The molecule has 8 heavy (non-hydrogen) atoms. The Kier molecular flexibility index (Phi) is 1.31. The molecule has 2 N–H and O–H groups in total. The van der Waals surface area contributed by atoms with Gasteiger partial charge in [0.05, 0.1) is 6.04 Å². The Hall–Kier alpha value is -0.410. The van der Waals surface area contributed by atoms with Gasteiger partial charge in [-0.2, -0.15) is 0 Å². The van der Waals surface area contributed by atoms with Gasteiger partial charge in [0, 0.05) is 6.21 Å². The average molecular weight is 115 g/mol. The summed E-state index contributed by atoms with van der Waals surface area (Å²) >= 11 is 0. The van der Waals surface area contributed by atoms with Crippen LogP contribution in [0.5, 0.6) is 0 Å². The van der Waals surface area contributed by atoms with Crippen molar-refractivity contribution in [2.45, 2.75) is 25.2 Å². The van der Waals surface area contributed by atoms with Gasteiger partial charge in [0.2, 0.25) is 0 Å². The smallest absolute Gasteiger partial charge is 0.117 e. The average Bonchev–Trinajstić information content (AvgIpc) is 1.98. The van der Waals surface area contributed by atoms with Gasteiger partial charge in [-0.25, -0.2) is 0 Å². The Balaban J connectivity index is 2.55. The van der Waals surface area contributed by atoms with E-state index in [-0.39, 0.29) is 6.04 Å². The summed E-state index contributed by atoms with van der Waals surface area (Å²) < 4.78 is 0. The number of hydrogen-bond acceptors (Lipinski definition) is 3. The maximum Gasteiger partial charge on any atom is 0.117 e. The zero-order valence-corrected chi connectivity index (χ0v) is 4.65. The molecular weight excluding hydrogens is 106 g/mol. The quantitative estimate of drug-likeness (QED) is 0.433. The van der Waals surface area contributed by atoms with Crippen LogP contribution in [0.15, 0.2) is 4.99 Å². The number of aliphatic hydroxyl groups excluding tert-OH is 2. The summed E-state index contributed by atoms with van der Waals surface area (Å²) in [6, 6.07) is -0.134. The van der Waals surface area contributed by atoms with Crippen LogP contribution in [0.1, 0.15) is 6.92 Å². The Labute approximate surface area is 47.7 Å². The fourth-order valence-electron chi connectivity index (χ4n) is 0.686. The highest BCUT2D eigenvalue weighted by molar-refractivity contribution is 5.66. The zero-order valence-electron chi connectivity index (χ0n) is 4.65. The van der Waals surface area contributed by atoms with E-state index < -0.39 is 12.2 Å². The molecule has 0 fully saturated rings. The Morgan fingerprint density at radius 1 is 1.50 bits per heavy atom. The molecule has 0 unspecified atom stereocenters. The summed E-state index contributed by atoms with van der Waals surface area (Å²) in [4.78, 5) is 3.77. The normalized spacial score (nSPS) is 45.6. The zero-order chi connectivity index (χ0) is 6.15. The molecule has 0 aromatic heterocycles. The molecule has 1 heterocycles. The molecule has 0 bridgehead atoms. The summed E-state index contributed by atoms with van der Waals surface area (Å²) in [7, 11) is 0. The van der Waals surface area contributed by atoms with E-state index in [1.807, 2.05) is 0 Å². The Bertz CT molecular complexity index is 101. The van der Waals surface area contributed by atoms with Crippen molar-refractivity contribution in [1.29, 1.82) is 0 Å². The summed E-state index contributed by atoms with van der Waals surface area (Å²) in [6.45, 7) is 1.76. The first-order valence-corrected chi connectivity index (χ1v) is 2.61. The third-order valence-electron chi connectivity index (χ3n) is 1.32. The van der Waals surface area contributed by atoms with Crippen LogP contribution in [0.2, 0.25) is 0 Å². The number of aliphatic hydroxyl groups is 2. The molecule has 0 amide bonds. The van der Waals surface area contributed by atoms with E-state index in [1.165, 1.54) is 6.21 Å². The van der Waals surface area contributed by atoms with Crippen molar-refractivity contribution < 1.29 is 10.2 Å². The topological polar surface area (TPSA) is 52.8 Å². The maximum absolute atomic E-state index is 8.89. The highest BCUT2D eigenvalue weighted by atomic mass is 16.3. The fraction of sp³-hybridized carbons (Fsp3) is 0.800. The third-order valence-corrected chi connectivity index (χ3v) is 1.32. The first-order chi connectivity index (χ1) is 3.72. The number of hydrogen-bond donors (Lipinski definition) is 2. The summed E-state index contributed by atoms with van der Waals surface area (Å²) in [6.07, 6.45) is -0.0602. The van der Waals surface area contributed by atoms with E-state index in [9.17, 15) is 0 Å². The molecule has 0 spiro atoms. The largest absolute Gasteiger partial charge is 0.388 e. The molecule has 3 atom stereocenters. The fourth-order valence-corrected chi connectivity index (χ4v) is 0.686. The monoisotopic (exact) mass is 115 g/mol. The molecule has 0 saturated carbocycles. The first-order valence-electron chi connectivity index (χ1n) is 2.61. The molecule has 0 aliphatic carbocycles. The lowest BCUT2D eigenvalue weighted by molar-refractivity contribution is 0.0608. The van der Waals surface area contributed by atoms with E-state index in [2.05, 4.69) is 4.99 Å². The minimum Gasteiger partial charge on any atom is -0.388 e. The summed E-state index contributed by atoms with van der Waals surface area (Å²) in [5.74, 6) is 0. The van der Waals surface area contributed by atoms with Crippen LogP contribution in [-0.4, -0.2) is 34.7 Å². The summed E-state index contributed by atoms with van der Waals surface area (Å²) in [5, 5.41) is 17.7. The van der Waals surface area contributed by atoms with E-state index >= 15 is 0 Å². The molecule has 1 rings (SSSR count). The van der Waals surface area contributed by atoms with Crippen LogP contribution in [0.3, 0.4) is 0 Å². The number of aliphatic imine (C=N–C) groups is 1. The number of nitrogens with zero attached hydrogens (tertiary/aromatic N) is 1. The second-order valence-electron chi connectivity index (χ2n) is 2.02. The number of rotatable bonds is 0. The van der Waals surface area contributed by atoms with Crippen molar-refractivity contribution in [3.8, 4) is 0 Å². The van der Waals surface area contributed by atoms with Crippen molar-refractivity contribution in [1.82, 2.24) is 0 Å². The molecule has 3 nitrogen and oxygen atoms in total. The standard InChI is InChI=1S/C5H9NO2/c1-3-5(8)4(7)2-6-3/h2-5,7-8H,1H3/t3-,4+,5-/m1/s1. The first kappa shape index (κ1) is 5.72. The van der Waals surface area contributed by atoms with Gasteiger partial charge < -0.3 is 10.2 Å². The molecule has 0 aromatic rings. The van der Waals surface area contributed by atoms with Gasteiger partial charge in [0.15, 0.2) is 0 Å². The van der Waals surface area contributed by atoms with Gasteiger partial charge in [-0.05, 0) is 6.92 Å². The van der Waals surface area contributed by atoms with Gasteiger partial charge in [0.1, 0.15) is 12.2 Å². The second kappa shape index (κ2) is 1.84.